The molecule has 9 heteroatoms. The van der Waals surface area contributed by atoms with Gasteiger partial charge in [0.05, 0.1) is 10.5 Å². The molecule has 0 heterocycles. The number of benzene rings is 2. The third-order valence-corrected chi connectivity index (χ3v) is 3.71. The van der Waals surface area contributed by atoms with Crippen molar-refractivity contribution in [1.29, 1.82) is 0 Å². The second-order valence-corrected chi connectivity index (χ2v) is 5.81. The van der Waals surface area contributed by atoms with E-state index in [2.05, 4.69) is 5.32 Å². The van der Waals surface area contributed by atoms with Crippen molar-refractivity contribution in [2.75, 3.05) is 5.32 Å². The Labute approximate surface area is 152 Å². The zero-order valence-corrected chi connectivity index (χ0v) is 14.4. The van der Waals surface area contributed by atoms with Crippen LogP contribution in [0.25, 0.3) is 0 Å². The first-order valence-corrected chi connectivity index (χ1v) is 7.75. The number of nitrogens with one attached hydrogen (secondary N) is 1. The molecule has 2 aromatic carbocycles. The van der Waals surface area contributed by atoms with Crippen LogP contribution in [0.4, 0.5) is 11.4 Å². The molecule has 0 aliphatic heterocycles. The van der Waals surface area contributed by atoms with Gasteiger partial charge in [0, 0.05) is 16.8 Å². The van der Waals surface area contributed by atoms with Gasteiger partial charge in [0.25, 0.3) is 11.6 Å². The fourth-order valence-corrected chi connectivity index (χ4v) is 2.15. The molecule has 0 unspecified atom stereocenters. The zero-order chi connectivity index (χ0) is 18.6. The summed E-state index contributed by atoms with van der Waals surface area (Å²) < 4.78 is 5.03. The van der Waals surface area contributed by atoms with Gasteiger partial charge in [0.2, 0.25) is 0 Å². The molecule has 0 radical (unpaired) electrons. The number of hydrogen-bond donors (Lipinski definition) is 1. The van der Waals surface area contributed by atoms with Crippen molar-refractivity contribution in [3.05, 3.63) is 68.2 Å². The van der Waals surface area contributed by atoms with Gasteiger partial charge in [0.15, 0.2) is 6.10 Å². The van der Waals surface area contributed by atoms with Crippen LogP contribution >= 0.6 is 23.2 Å². The summed E-state index contributed by atoms with van der Waals surface area (Å²) in [6.07, 6.45) is -1.11. The van der Waals surface area contributed by atoms with Crippen molar-refractivity contribution in [3.63, 3.8) is 0 Å². The Balaban J connectivity index is 2.04. The number of carbonyl (C=O) groups is 2. The SMILES string of the molecule is C[C@@H](OC(=O)c1ccc(Cl)c([N+](=O)[O-])c1)C(=O)Nc1ccc(Cl)cc1. The molecular formula is C16H12Cl2N2O5. The molecule has 0 spiro atoms. The maximum Gasteiger partial charge on any atom is 0.339 e. The lowest BCUT2D eigenvalue weighted by Crippen LogP contribution is -2.30. The molecule has 2 aromatic rings. The first-order valence-electron chi connectivity index (χ1n) is 6.99. The first-order chi connectivity index (χ1) is 11.8. The van der Waals surface area contributed by atoms with Gasteiger partial charge in [-0.1, -0.05) is 23.2 Å². The number of ether oxygens (including phenoxy) is 1. The van der Waals surface area contributed by atoms with Crippen LogP contribution in [0.15, 0.2) is 42.5 Å². The summed E-state index contributed by atoms with van der Waals surface area (Å²) >= 11 is 11.4. The highest BCUT2D eigenvalue weighted by Gasteiger charge is 2.22. The molecule has 25 heavy (non-hydrogen) atoms. The van der Waals surface area contributed by atoms with Crippen molar-refractivity contribution in [1.82, 2.24) is 0 Å². The van der Waals surface area contributed by atoms with Crippen LogP contribution < -0.4 is 5.32 Å². The van der Waals surface area contributed by atoms with Crippen molar-refractivity contribution < 1.29 is 19.2 Å². The fourth-order valence-electron chi connectivity index (χ4n) is 1.84. The van der Waals surface area contributed by atoms with Gasteiger partial charge in [-0.2, -0.15) is 0 Å². The highest BCUT2D eigenvalue weighted by molar-refractivity contribution is 6.32. The number of hydrogen-bond acceptors (Lipinski definition) is 5. The van der Waals surface area contributed by atoms with Crippen molar-refractivity contribution in [2.24, 2.45) is 0 Å². The van der Waals surface area contributed by atoms with Crippen LogP contribution in [0.1, 0.15) is 17.3 Å². The van der Waals surface area contributed by atoms with Crippen LogP contribution in [-0.4, -0.2) is 22.9 Å². The minimum Gasteiger partial charge on any atom is -0.449 e. The van der Waals surface area contributed by atoms with Gasteiger partial charge in [-0.05, 0) is 43.3 Å². The van der Waals surface area contributed by atoms with E-state index in [0.29, 0.717) is 10.7 Å². The van der Waals surface area contributed by atoms with E-state index in [1.807, 2.05) is 0 Å². The largest absolute Gasteiger partial charge is 0.449 e. The van der Waals surface area contributed by atoms with E-state index in [1.54, 1.807) is 24.3 Å². The second kappa shape index (κ2) is 7.96. The van der Waals surface area contributed by atoms with Crippen molar-refractivity contribution >= 4 is 46.5 Å². The Morgan fingerprint density at radius 3 is 2.40 bits per heavy atom. The zero-order valence-electron chi connectivity index (χ0n) is 12.9. The summed E-state index contributed by atoms with van der Waals surface area (Å²) in [5, 5.41) is 13.8. The molecule has 0 aliphatic rings. The third kappa shape index (κ3) is 4.91. The Morgan fingerprint density at radius 2 is 1.80 bits per heavy atom. The minimum atomic E-state index is -1.11. The van der Waals surface area contributed by atoms with Gasteiger partial charge in [-0.25, -0.2) is 4.79 Å². The summed E-state index contributed by atoms with van der Waals surface area (Å²) in [6.45, 7) is 1.38. The molecule has 0 aliphatic carbocycles. The molecule has 0 bridgehead atoms. The smallest absolute Gasteiger partial charge is 0.339 e. The van der Waals surface area contributed by atoms with Gasteiger partial charge in [0.1, 0.15) is 5.02 Å². The van der Waals surface area contributed by atoms with Crippen molar-refractivity contribution in [3.8, 4) is 0 Å². The average molecular weight is 383 g/mol. The maximum absolute atomic E-state index is 12.1. The topological polar surface area (TPSA) is 98.5 Å². The predicted molar refractivity (Wildman–Crippen MR) is 93.1 cm³/mol. The predicted octanol–water partition coefficient (Wildman–Crippen LogP) is 4.09. The highest BCUT2D eigenvalue weighted by atomic mass is 35.5. The van der Waals surface area contributed by atoms with E-state index in [1.165, 1.54) is 19.1 Å². The number of esters is 1. The monoisotopic (exact) mass is 382 g/mol. The van der Waals surface area contributed by atoms with Crippen molar-refractivity contribution in [2.45, 2.75) is 13.0 Å². The summed E-state index contributed by atoms with van der Waals surface area (Å²) in [5.41, 5.74) is -0.0175. The Morgan fingerprint density at radius 1 is 1.16 bits per heavy atom. The lowest BCUT2D eigenvalue weighted by atomic mass is 10.2. The molecule has 7 nitrogen and oxygen atoms in total. The van der Waals surface area contributed by atoms with E-state index in [-0.39, 0.29) is 10.6 Å². The summed E-state index contributed by atoms with van der Waals surface area (Å²) in [6, 6.07) is 9.88. The maximum atomic E-state index is 12.1. The number of rotatable bonds is 5. The standard InChI is InChI=1S/C16H12Cl2N2O5/c1-9(15(21)19-12-5-3-11(17)4-6-12)25-16(22)10-2-7-13(18)14(8-10)20(23)24/h2-9H,1H3,(H,19,21)/t9-/m1/s1. The number of nitrogens with zero attached hydrogens (tertiary/aromatic N) is 1. The number of amides is 1. The van der Waals surface area contributed by atoms with E-state index in [9.17, 15) is 19.7 Å². The normalized spacial score (nSPS) is 11.5. The molecule has 0 saturated heterocycles. The molecule has 130 valence electrons. The summed E-state index contributed by atoms with van der Waals surface area (Å²) in [4.78, 5) is 34.2. The highest BCUT2D eigenvalue weighted by Crippen LogP contribution is 2.25. The molecule has 1 amide bonds. The fraction of sp³-hybridized carbons (Fsp3) is 0.125. The van der Waals surface area contributed by atoms with Gasteiger partial charge < -0.3 is 10.1 Å². The quantitative estimate of drug-likeness (QED) is 0.477. The summed E-state index contributed by atoms with van der Waals surface area (Å²) in [5.74, 6) is -1.43. The second-order valence-electron chi connectivity index (χ2n) is 4.97. The molecule has 2 rings (SSSR count). The molecule has 0 fully saturated rings. The lowest BCUT2D eigenvalue weighted by molar-refractivity contribution is -0.384. The summed E-state index contributed by atoms with van der Waals surface area (Å²) in [7, 11) is 0. The first kappa shape index (κ1) is 18.7. The minimum absolute atomic E-state index is 0.0813. The number of anilines is 1. The van der Waals surface area contributed by atoms with Crippen LogP contribution in [-0.2, 0) is 9.53 Å². The van der Waals surface area contributed by atoms with E-state index >= 15 is 0 Å². The van der Waals surface area contributed by atoms with Crippen LogP contribution in [0, 0.1) is 10.1 Å². The Kier molecular flexibility index (Phi) is 5.95. The molecule has 1 N–H and O–H groups in total. The van der Waals surface area contributed by atoms with E-state index < -0.39 is 28.6 Å². The van der Waals surface area contributed by atoms with E-state index in [4.69, 9.17) is 27.9 Å². The van der Waals surface area contributed by atoms with Gasteiger partial charge >= 0.3 is 5.97 Å². The molecule has 0 aromatic heterocycles. The van der Waals surface area contributed by atoms with Crippen LogP contribution in [0.3, 0.4) is 0 Å². The molecule has 1 atom stereocenters. The van der Waals surface area contributed by atoms with Gasteiger partial charge in [-0.15, -0.1) is 0 Å². The number of carbonyl (C=O) groups excluding carboxylic acids is 2. The van der Waals surface area contributed by atoms with Gasteiger partial charge in [-0.3, -0.25) is 14.9 Å². The van der Waals surface area contributed by atoms with Crippen LogP contribution in [0.2, 0.25) is 10.0 Å². The van der Waals surface area contributed by atoms with E-state index in [0.717, 1.165) is 6.07 Å². The third-order valence-electron chi connectivity index (χ3n) is 3.14. The van der Waals surface area contributed by atoms with Crippen LogP contribution in [0.5, 0.6) is 0 Å². The number of halogens is 2. The Bertz CT molecular complexity index is 824. The molecule has 0 saturated carbocycles. The average Bonchev–Trinajstić information content (AvgIpc) is 2.56. The molecular weight excluding hydrogens is 371 g/mol. The number of nitro groups is 1. The Hall–Kier alpha value is -2.64. The number of nitro benzene ring substituents is 1. The lowest BCUT2D eigenvalue weighted by Gasteiger charge is -2.13.